The van der Waals surface area contributed by atoms with Crippen LogP contribution in [0.3, 0.4) is 0 Å². The maximum atomic E-state index is 11.9. The highest BCUT2D eigenvalue weighted by Gasteiger charge is 2.21. The van der Waals surface area contributed by atoms with Gasteiger partial charge in [-0.2, -0.15) is 0 Å². The molecule has 17 heavy (non-hydrogen) atoms. The molecule has 1 aromatic heterocycles. The number of amides is 1. The molecule has 1 heterocycles. The Morgan fingerprint density at radius 3 is 2.71 bits per heavy atom. The molecule has 0 aliphatic carbocycles. The fraction of sp³-hybridized carbons (Fsp3) is 0.500. The summed E-state index contributed by atoms with van der Waals surface area (Å²) >= 11 is 7.35. The lowest BCUT2D eigenvalue weighted by Crippen LogP contribution is -2.44. The molecule has 1 amide bonds. The third-order valence-corrected chi connectivity index (χ3v) is 3.41. The van der Waals surface area contributed by atoms with Crippen LogP contribution in [0, 0.1) is 0 Å². The highest BCUT2D eigenvalue weighted by Crippen LogP contribution is 2.28. The first-order valence-electron chi connectivity index (χ1n) is 5.39. The summed E-state index contributed by atoms with van der Waals surface area (Å²) in [4.78, 5) is 16.0. The van der Waals surface area contributed by atoms with E-state index in [2.05, 4.69) is 10.3 Å². The predicted octanol–water partition coefficient (Wildman–Crippen LogP) is 3.13. The van der Waals surface area contributed by atoms with E-state index < -0.39 is 0 Å². The van der Waals surface area contributed by atoms with Gasteiger partial charge in [0.2, 0.25) is 5.91 Å². The summed E-state index contributed by atoms with van der Waals surface area (Å²) in [6.45, 7) is 7.71. The minimum atomic E-state index is -0.222. The summed E-state index contributed by atoms with van der Waals surface area (Å²) in [5, 5.41) is 3.97. The maximum Gasteiger partial charge on any atom is 0.233 e. The Labute approximate surface area is 111 Å². The molecule has 0 aliphatic rings. The molecule has 3 nitrogen and oxygen atoms in total. The van der Waals surface area contributed by atoms with Crippen LogP contribution in [0.25, 0.3) is 0 Å². The molecule has 1 N–H and O–H groups in total. The first-order chi connectivity index (χ1) is 7.79. The fourth-order valence-corrected chi connectivity index (χ4v) is 2.21. The van der Waals surface area contributed by atoms with Gasteiger partial charge in [0.25, 0.3) is 0 Å². The molecular weight excluding hydrogens is 256 g/mol. The highest BCUT2D eigenvalue weighted by molar-refractivity contribution is 8.00. The van der Waals surface area contributed by atoms with Crippen molar-refractivity contribution in [2.75, 3.05) is 0 Å². The van der Waals surface area contributed by atoms with Crippen LogP contribution >= 0.6 is 23.4 Å². The minimum Gasteiger partial charge on any atom is -0.351 e. The number of aromatic nitrogens is 1. The zero-order chi connectivity index (χ0) is 13.1. The Bertz CT molecular complexity index is 404. The van der Waals surface area contributed by atoms with Gasteiger partial charge in [0.1, 0.15) is 5.03 Å². The van der Waals surface area contributed by atoms with Crippen LogP contribution in [0.15, 0.2) is 23.4 Å². The van der Waals surface area contributed by atoms with Crippen molar-refractivity contribution in [1.29, 1.82) is 0 Å². The highest BCUT2D eigenvalue weighted by atomic mass is 35.5. The van der Waals surface area contributed by atoms with Crippen molar-refractivity contribution in [2.24, 2.45) is 0 Å². The monoisotopic (exact) mass is 272 g/mol. The SMILES string of the molecule is C[C@@H](Sc1ncccc1Cl)C(=O)NC(C)(C)C. The van der Waals surface area contributed by atoms with E-state index in [1.165, 1.54) is 11.8 Å². The summed E-state index contributed by atoms with van der Waals surface area (Å²) in [6, 6.07) is 3.54. The van der Waals surface area contributed by atoms with Crippen molar-refractivity contribution in [2.45, 2.75) is 43.5 Å². The summed E-state index contributed by atoms with van der Waals surface area (Å²) in [6.07, 6.45) is 1.67. The zero-order valence-corrected chi connectivity index (χ0v) is 12.0. The lowest BCUT2D eigenvalue weighted by atomic mass is 10.1. The number of halogens is 1. The molecule has 0 unspecified atom stereocenters. The lowest BCUT2D eigenvalue weighted by Gasteiger charge is -2.22. The number of hydrogen-bond acceptors (Lipinski definition) is 3. The average Bonchev–Trinajstić information content (AvgIpc) is 2.18. The van der Waals surface area contributed by atoms with Crippen LogP contribution in [0.1, 0.15) is 27.7 Å². The van der Waals surface area contributed by atoms with Crippen LogP contribution in [0.5, 0.6) is 0 Å². The number of rotatable bonds is 3. The molecule has 94 valence electrons. The fourth-order valence-electron chi connectivity index (χ4n) is 1.15. The summed E-state index contributed by atoms with van der Waals surface area (Å²) in [7, 11) is 0. The minimum absolute atomic E-state index is 0.00998. The van der Waals surface area contributed by atoms with Crippen LogP contribution in [-0.2, 0) is 4.79 Å². The number of hydrogen-bond donors (Lipinski definition) is 1. The number of pyridine rings is 1. The summed E-state index contributed by atoms with van der Waals surface area (Å²) < 4.78 is 0. The first-order valence-corrected chi connectivity index (χ1v) is 6.64. The van der Waals surface area contributed by atoms with Crippen molar-refractivity contribution in [3.05, 3.63) is 23.4 Å². The lowest BCUT2D eigenvalue weighted by molar-refractivity contribution is -0.121. The van der Waals surface area contributed by atoms with E-state index in [1.54, 1.807) is 18.3 Å². The van der Waals surface area contributed by atoms with E-state index in [0.29, 0.717) is 10.0 Å². The molecule has 0 spiro atoms. The predicted molar refractivity (Wildman–Crippen MR) is 72.5 cm³/mol. The third-order valence-electron chi connectivity index (χ3n) is 1.88. The van der Waals surface area contributed by atoms with Gasteiger partial charge in [0.15, 0.2) is 0 Å². The van der Waals surface area contributed by atoms with Crippen LogP contribution < -0.4 is 5.32 Å². The van der Waals surface area contributed by atoms with E-state index in [0.717, 1.165) is 0 Å². The van der Waals surface area contributed by atoms with Crippen LogP contribution in [-0.4, -0.2) is 21.7 Å². The Morgan fingerprint density at radius 2 is 2.18 bits per heavy atom. The van der Waals surface area contributed by atoms with Crippen molar-refractivity contribution in [3.63, 3.8) is 0 Å². The third kappa shape index (κ3) is 4.96. The van der Waals surface area contributed by atoms with Crippen molar-refractivity contribution in [3.8, 4) is 0 Å². The molecule has 0 radical (unpaired) electrons. The van der Waals surface area contributed by atoms with E-state index in [1.807, 2.05) is 27.7 Å². The molecule has 0 saturated heterocycles. The van der Waals surface area contributed by atoms with Crippen LogP contribution in [0.4, 0.5) is 0 Å². The number of carbonyl (C=O) groups excluding carboxylic acids is 1. The standard InChI is InChI=1S/C12H17ClN2OS/c1-8(10(16)15-12(2,3)4)17-11-9(13)6-5-7-14-11/h5-8H,1-4H3,(H,15,16)/t8-/m1/s1. The van der Waals surface area contributed by atoms with Gasteiger partial charge in [-0.05, 0) is 39.8 Å². The largest absolute Gasteiger partial charge is 0.351 e. The van der Waals surface area contributed by atoms with Gasteiger partial charge in [-0.15, -0.1) is 0 Å². The van der Waals surface area contributed by atoms with Crippen molar-refractivity contribution < 1.29 is 4.79 Å². The second-order valence-corrected chi connectivity index (χ2v) is 6.53. The normalized spacial score (nSPS) is 13.2. The van der Waals surface area contributed by atoms with Gasteiger partial charge in [0.05, 0.1) is 10.3 Å². The zero-order valence-electron chi connectivity index (χ0n) is 10.5. The molecule has 0 aliphatic heterocycles. The molecule has 0 fully saturated rings. The summed E-state index contributed by atoms with van der Waals surface area (Å²) in [5.41, 5.74) is -0.222. The Balaban J connectivity index is 2.64. The van der Waals surface area contributed by atoms with Gasteiger partial charge in [-0.3, -0.25) is 4.79 Å². The van der Waals surface area contributed by atoms with Gasteiger partial charge >= 0.3 is 0 Å². The first kappa shape index (κ1) is 14.3. The maximum absolute atomic E-state index is 11.9. The number of nitrogens with zero attached hydrogens (tertiary/aromatic N) is 1. The molecule has 1 atom stereocenters. The van der Waals surface area contributed by atoms with Gasteiger partial charge in [0, 0.05) is 11.7 Å². The Kier molecular flexibility index (Phi) is 4.83. The molecule has 0 bridgehead atoms. The summed E-state index contributed by atoms with van der Waals surface area (Å²) in [5.74, 6) is -0.00998. The van der Waals surface area contributed by atoms with E-state index in [9.17, 15) is 4.79 Å². The molecule has 5 heteroatoms. The molecule has 0 saturated carbocycles. The quantitative estimate of drug-likeness (QED) is 0.860. The topological polar surface area (TPSA) is 42.0 Å². The van der Waals surface area contributed by atoms with Crippen molar-refractivity contribution in [1.82, 2.24) is 10.3 Å². The smallest absolute Gasteiger partial charge is 0.233 e. The van der Waals surface area contributed by atoms with Gasteiger partial charge in [-0.25, -0.2) is 4.98 Å². The van der Waals surface area contributed by atoms with Crippen molar-refractivity contribution >= 4 is 29.3 Å². The molecule has 1 aromatic rings. The number of nitrogens with one attached hydrogen (secondary N) is 1. The molecule has 0 aromatic carbocycles. The second kappa shape index (κ2) is 5.74. The average molecular weight is 273 g/mol. The Morgan fingerprint density at radius 1 is 1.53 bits per heavy atom. The van der Waals surface area contributed by atoms with E-state index in [4.69, 9.17) is 11.6 Å². The van der Waals surface area contributed by atoms with Crippen LogP contribution in [0.2, 0.25) is 5.02 Å². The van der Waals surface area contributed by atoms with E-state index >= 15 is 0 Å². The van der Waals surface area contributed by atoms with E-state index in [-0.39, 0.29) is 16.7 Å². The molecule has 1 rings (SSSR count). The second-order valence-electron chi connectivity index (χ2n) is 4.79. The molecular formula is C12H17ClN2OS. The van der Waals surface area contributed by atoms with Gasteiger partial charge in [-0.1, -0.05) is 23.4 Å². The van der Waals surface area contributed by atoms with Gasteiger partial charge < -0.3 is 5.32 Å². The number of carbonyl (C=O) groups is 1. The number of thioether (sulfide) groups is 1. The Hall–Kier alpha value is -0.740.